The van der Waals surface area contributed by atoms with E-state index in [1.165, 1.54) is 6.33 Å². The molecule has 1 aliphatic rings. The lowest BCUT2D eigenvalue weighted by Crippen LogP contribution is -2.23. The fraction of sp³-hybridized carbons (Fsp3) is 0.714. The highest BCUT2D eigenvalue weighted by molar-refractivity contribution is 4.90. The first-order valence-electron chi connectivity index (χ1n) is 4.08. The Morgan fingerprint density at radius 1 is 1.67 bits per heavy atom. The molecule has 0 aliphatic carbocycles. The van der Waals surface area contributed by atoms with Crippen LogP contribution < -0.4 is 5.32 Å². The summed E-state index contributed by atoms with van der Waals surface area (Å²) in [5, 5.41) is 9.66. The Labute approximate surface area is 70.5 Å². The van der Waals surface area contributed by atoms with E-state index in [-0.39, 0.29) is 12.3 Å². The molecule has 1 fully saturated rings. The lowest BCUT2D eigenvalue weighted by atomic mass is 10.2. The van der Waals surface area contributed by atoms with Gasteiger partial charge < -0.3 is 4.74 Å². The lowest BCUT2D eigenvalue weighted by Gasteiger charge is -2.09. The number of hydrogen-bond acceptors (Lipinski definition) is 4. The zero-order chi connectivity index (χ0) is 8.39. The van der Waals surface area contributed by atoms with Gasteiger partial charge in [0.15, 0.2) is 5.82 Å². The first-order chi connectivity index (χ1) is 5.90. The Bertz CT molecular complexity index is 236. The highest BCUT2D eigenvalue weighted by Gasteiger charge is 2.26. The van der Waals surface area contributed by atoms with Crippen LogP contribution in [-0.4, -0.2) is 28.5 Å². The monoisotopic (exact) mass is 168 g/mol. The largest absolute Gasteiger partial charge is 0.352 e. The van der Waals surface area contributed by atoms with E-state index < -0.39 is 0 Å². The summed E-state index contributed by atoms with van der Waals surface area (Å²) < 4.78 is 5.61. The van der Waals surface area contributed by atoms with E-state index in [1.807, 2.05) is 7.05 Å². The van der Waals surface area contributed by atoms with Gasteiger partial charge in [-0.1, -0.05) is 0 Å². The van der Waals surface area contributed by atoms with Crippen LogP contribution in [0.25, 0.3) is 0 Å². The predicted molar refractivity (Wildman–Crippen MR) is 42.3 cm³/mol. The molecule has 0 aromatic carbocycles. The molecule has 2 rings (SSSR count). The van der Waals surface area contributed by atoms with Gasteiger partial charge in [0.2, 0.25) is 0 Å². The fourth-order valence-corrected chi connectivity index (χ4v) is 1.42. The summed E-state index contributed by atoms with van der Waals surface area (Å²) in [6.07, 6.45) is 3.79. The molecule has 2 N–H and O–H groups in total. The van der Waals surface area contributed by atoms with Gasteiger partial charge in [0, 0.05) is 0 Å². The van der Waals surface area contributed by atoms with Crippen molar-refractivity contribution in [1.29, 1.82) is 0 Å². The summed E-state index contributed by atoms with van der Waals surface area (Å²) in [5.74, 6) is 0.827. The number of rotatable bonds is 2. The molecule has 1 saturated heterocycles. The molecule has 5 nitrogen and oxygen atoms in total. The summed E-state index contributed by atoms with van der Waals surface area (Å²) in [6, 6.07) is 0. The highest BCUT2D eigenvalue weighted by Crippen LogP contribution is 2.28. The van der Waals surface area contributed by atoms with Gasteiger partial charge in [0.05, 0.1) is 0 Å². The first kappa shape index (κ1) is 7.70. The number of nitrogens with zero attached hydrogens (tertiary/aromatic N) is 2. The molecule has 66 valence electrons. The predicted octanol–water partition coefficient (Wildman–Crippen LogP) is 0.202. The van der Waals surface area contributed by atoms with Crippen LogP contribution in [-0.2, 0) is 4.74 Å². The smallest absolute Gasteiger partial charge is 0.153 e. The van der Waals surface area contributed by atoms with Crippen LogP contribution in [0, 0.1) is 0 Å². The molecule has 5 heteroatoms. The van der Waals surface area contributed by atoms with E-state index in [2.05, 4.69) is 20.5 Å². The molecule has 0 amide bonds. The minimum Gasteiger partial charge on any atom is -0.352 e. The van der Waals surface area contributed by atoms with Gasteiger partial charge in [-0.3, -0.25) is 10.4 Å². The summed E-state index contributed by atoms with van der Waals surface area (Å²) >= 11 is 0. The van der Waals surface area contributed by atoms with Crippen LogP contribution >= 0.6 is 0 Å². The van der Waals surface area contributed by atoms with Gasteiger partial charge in [0.25, 0.3) is 0 Å². The molecule has 1 aromatic rings. The molecular weight excluding hydrogens is 156 g/mol. The van der Waals surface area contributed by atoms with Crippen LogP contribution in [0.1, 0.15) is 24.8 Å². The molecule has 1 aliphatic heterocycles. The lowest BCUT2D eigenvalue weighted by molar-refractivity contribution is 0.0253. The third kappa shape index (κ3) is 1.33. The van der Waals surface area contributed by atoms with Crippen molar-refractivity contribution in [3.05, 3.63) is 12.2 Å². The van der Waals surface area contributed by atoms with Crippen molar-refractivity contribution in [1.82, 2.24) is 20.5 Å². The van der Waals surface area contributed by atoms with E-state index in [9.17, 15) is 0 Å². The maximum Gasteiger partial charge on any atom is 0.153 e. The topological polar surface area (TPSA) is 62.8 Å². The third-order valence-electron chi connectivity index (χ3n) is 2.08. The van der Waals surface area contributed by atoms with Crippen molar-refractivity contribution in [2.75, 3.05) is 7.05 Å². The molecule has 0 spiro atoms. The second kappa shape index (κ2) is 3.20. The number of aromatic nitrogens is 3. The molecule has 2 atom stereocenters. The van der Waals surface area contributed by atoms with Gasteiger partial charge in [-0.05, 0) is 19.9 Å². The standard InChI is InChI=1S/C7H12N4O/c1-8-6-3-2-5(12-6)7-9-4-10-11-7/h4-6,8H,2-3H2,1H3,(H,9,10,11). The Hall–Kier alpha value is -0.940. The van der Waals surface area contributed by atoms with Crippen LogP contribution in [0.4, 0.5) is 0 Å². The number of ether oxygens (including phenoxy) is 1. The summed E-state index contributed by atoms with van der Waals surface area (Å²) in [4.78, 5) is 4.05. The third-order valence-corrected chi connectivity index (χ3v) is 2.08. The van der Waals surface area contributed by atoms with Gasteiger partial charge in [-0.15, -0.1) is 0 Å². The average Bonchev–Trinajstić information content (AvgIpc) is 2.75. The van der Waals surface area contributed by atoms with Gasteiger partial charge in [0.1, 0.15) is 18.7 Å². The maximum atomic E-state index is 5.61. The zero-order valence-electron chi connectivity index (χ0n) is 6.95. The van der Waals surface area contributed by atoms with Crippen molar-refractivity contribution >= 4 is 0 Å². The molecule has 1 aromatic heterocycles. The normalized spacial score (nSPS) is 29.4. The van der Waals surface area contributed by atoms with E-state index in [4.69, 9.17) is 4.74 Å². The number of hydrogen-bond donors (Lipinski definition) is 2. The minimum absolute atomic E-state index is 0.0879. The molecule has 0 saturated carbocycles. The Morgan fingerprint density at radius 2 is 2.58 bits per heavy atom. The van der Waals surface area contributed by atoms with Crippen molar-refractivity contribution < 1.29 is 4.74 Å². The zero-order valence-corrected chi connectivity index (χ0v) is 6.95. The Kier molecular flexibility index (Phi) is 2.05. The van der Waals surface area contributed by atoms with Crippen LogP contribution in [0.2, 0.25) is 0 Å². The van der Waals surface area contributed by atoms with Crippen LogP contribution in [0.3, 0.4) is 0 Å². The van der Waals surface area contributed by atoms with E-state index in [0.29, 0.717) is 0 Å². The van der Waals surface area contributed by atoms with Crippen molar-refractivity contribution in [2.45, 2.75) is 25.2 Å². The summed E-state index contributed by atoms with van der Waals surface area (Å²) in [5.41, 5.74) is 0. The SMILES string of the molecule is CNC1CCC(c2ncn[nH]2)O1. The fourth-order valence-electron chi connectivity index (χ4n) is 1.42. The quantitative estimate of drug-likeness (QED) is 0.662. The first-order valence-corrected chi connectivity index (χ1v) is 4.08. The second-order valence-electron chi connectivity index (χ2n) is 2.85. The Morgan fingerprint density at radius 3 is 3.17 bits per heavy atom. The Balaban J connectivity index is 2.00. The van der Waals surface area contributed by atoms with E-state index in [1.54, 1.807) is 0 Å². The number of H-pyrrole nitrogens is 1. The van der Waals surface area contributed by atoms with E-state index >= 15 is 0 Å². The van der Waals surface area contributed by atoms with Gasteiger partial charge in [-0.2, -0.15) is 5.10 Å². The number of nitrogens with one attached hydrogen (secondary N) is 2. The second-order valence-corrected chi connectivity index (χ2v) is 2.85. The van der Waals surface area contributed by atoms with E-state index in [0.717, 1.165) is 18.7 Å². The van der Waals surface area contributed by atoms with Crippen molar-refractivity contribution in [3.8, 4) is 0 Å². The molecule has 0 bridgehead atoms. The maximum absolute atomic E-state index is 5.61. The summed E-state index contributed by atoms with van der Waals surface area (Å²) in [6.45, 7) is 0. The van der Waals surface area contributed by atoms with Gasteiger partial charge in [-0.25, -0.2) is 4.98 Å². The minimum atomic E-state index is 0.0879. The highest BCUT2D eigenvalue weighted by atomic mass is 16.5. The number of aromatic amines is 1. The molecule has 2 heterocycles. The molecular formula is C7H12N4O. The molecule has 2 unspecified atom stereocenters. The van der Waals surface area contributed by atoms with Crippen LogP contribution in [0.5, 0.6) is 0 Å². The average molecular weight is 168 g/mol. The molecule has 12 heavy (non-hydrogen) atoms. The molecule has 0 radical (unpaired) electrons. The van der Waals surface area contributed by atoms with Crippen LogP contribution in [0.15, 0.2) is 6.33 Å². The van der Waals surface area contributed by atoms with Crippen molar-refractivity contribution in [3.63, 3.8) is 0 Å². The van der Waals surface area contributed by atoms with Gasteiger partial charge >= 0.3 is 0 Å². The summed E-state index contributed by atoms with van der Waals surface area (Å²) in [7, 11) is 1.90. The van der Waals surface area contributed by atoms with Crippen molar-refractivity contribution in [2.24, 2.45) is 0 Å².